The number of amides is 2. The zero-order valence-electron chi connectivity index (χ0n) is 19.9. The summed E-state index contributed by atoms with van der Waals surface area (Å²) < 4.78 is 5.40. The minimum Gasteiger partial charge on any atom is -0.444 e. The van der Waals surface area contributed by atoms with Gasteiger partial charge in [-0.15, -0.1) is 0 Å². The first kappa shape index (κ1) is 25.9. The van der Waals surface area contributed by atoms with Crippen LogP contribution in [-0.2, 0) is 22.4 Å². The molecule has 2 amide bonds. The maximum atomic E-state index is 13.5. The van der Waals surface area contributed by atoms with Gasteiger partial charge in [0.05, 0.1) is 12.5 Å². The Kier molecular flexibility index (Phi) is 10.4. The van der Waals surface area contributed by atoms with Crippen molar-refractivity contribution in [1.29, 1.82) is 5.26 Å². The van der Waals surface area contributed by atoms with Gasteiger partial charge in [0.15, 0.2) is 0 Å². The largest absolute Gasteiger partial charge is 0.444 e. The lowest BCUT2D eigenvalue weighted by molar-refractivity contribution is -0.133. The second-order valence-electron chi connectivity index (χ2n) is 9.05. The summed E-state index contributed by atoms with van der Waals surface area (Å²) in [6.45, 7) is 6.22. The summed E-state index contributed by atoms with van der Waals surface area (Å²) in [6.07, 6.45) is 2.34. The number of alkyl carbamates (subject to hydrolysis) is 1. The normalized spacial score (nSPS) is 11.8. The Hall–Kier alpha value is -3.33. The molecule has 0 unspecified atom stereocenters. The van der Waals surface area contributed by atoms with E-state index >= 15 is 0 Å². The zero-order valence-corrected chi connectivity index (χ0v) is 19.9. The molecule has 2 aromatic rings. The third kappa shape index (κ3) is 10.2. The molecule has 0 aliphatic heterocycles. The van der Waals surface area contributed by atoms with Gasteiger partial charge in [-0.2, -0.15) is 5.26 Å². The third-order valence-electron chi connectivity index (χ3n) is 5.10. The lowest BCUT2D eigenvalue weighted by Gasteiger charge is -2.28. The highest BCUT2D eigenvalue weighted by Gasteiger charge is 2.27. The predicted molar refractivity (Wildman–Crippen MR) is 129 cm³/mol. The highest BCUT2D eigenvalue weighted by molar-refractivity contribution is 5.85. The number of carbonyl (C=O) groups excluding carboxylic acids is 2. The summed E-state index contributed by atoms with van der Waals surface area (Å²) in [5, 5.41) is 11.9. The first-order valence-electron chi connectivity index (χ1n) is 11.5. The number of benzene rings is 2. The molecule has 0 saturated carbocycles. The fourth-order valence-corrected chi connectivity index (χ4v) is 3.52. The van der Waals surface area contributed by atoms with Crippen molar-refractivity contribution in [2.75, 3.05) is 13.1 Å². The summed E-state index contributed by atoms with van der Waals surface area (Å²) in [4.78, 5) is 27.6. The van der Waals surface area contributed by atoms with Crippen LogP contribution in [0, 0.1) is 11.3 Å². The molecule has 1 N–H and O–H groups in total. The first-order valence-corrected chi connectivity index (χ1v) is 11.5. The van der Waals surface area contributed by atoms with Gasteiger partial charge >= 0.3 is 6.09 Å². The number of hydrogen-bond donors (Lipinski definition) is 1. The third-order valence-corrected chi connectivity index (χ3v) is 5.10. The molecule has 0 radical (unpaired) electrons. The molecule has 2 aromatic carbocycles. The second-order valence-corrected chi connectivity index (χ2v) is 9.05. The molecule has 176 valence electrons. The van der Waals surface area contributed by atoms with Gasteiger partial charge in [0.1, 0.15) is 11.6 Å². The topological polar surface area (TPSA) is 82.4 Å². The van der Waals surface area contributed by atoms with Gasteiger partial charge in [0, 0.05) is 13.1 Å². The summed E-state index contributed by atoms with van der Waals surface area (Å²) in [5.41, 5.74) is 1.64. The monoisotopic (exact) mass is 449 g/mol. The minimum atomic E-state index is -0.726. The van der Waals surface area contributed by atoms with Gasteiger partial charge in [-0.05, 0) is 57.6 Å². The lowest BCUT2D eigenvalue weighted by Crippen LogP contribution is -2.50. The van der Waals surface area contributed by atoms with Crippen molar-refractivity contribution in [3.63, 3.8) is 0 Å². The Morgan fingerprint density at radius 3 is 2.09 bits per heavy atom. The second kappa shape index (κ2) is 13.3. The van der Waals surface area contributed by atoms with E-state index in [1.807, 2.05) is 48.5 Å². The van der Waals surface area contributed by atoms with Gasteiger partial charge in [0.25, 0.3) is 0 Å². The smallest absolute Gasteiger partial charge is 0.408 e. The van der Waals surface area contributed by atoms with Crippen molar-refractivity contribution >= 4 is 12.0 Å². The van der Waals surface area contributed by atoms with E-state index in [1.54, 1.807) is 25.7 Å². The van der Waals surface area contributed by atoms with E-state index in [2.05, 4.69) is 23.5 Å². The average Bonchev–Trinajstić information content (AvgIpc) is 2.78. The molecule has 0 fully saturated rings. The van der Waals surface area contributed by atoms with Crippen LogP contribution in [0.15, 0.2) is 60.7 Å². The van der Waals surface area contributed by atoms with Crippen LogP contribution < -0.4 is 5.32 Å². The van der Waals surface area contributed by atoms with Crippen LogP contribution in [0.4, 0.5) is 4.79 Å². The molecular weight excluding hydrogens is 414 g/mol. The van der Waals surface area contributed by atoms with E-state index in [9.17, 15) is 9.59 Å². The summed E-state index contributed by atoms with van der Waals surface area (Å²) in [7, 11) is 0. The number of nitrogens with one attached hydrogen (secondary N) is 1. The number of rotatable bonds is 11. The molecule has 2 rings (SSSR count). The Labute approximate surface area is 197 Å². The average molecular weight is 450 g/mol. The molecule has 0 bridgehead atoms. The number of nitrogens with zero attached hydrogens (tertiary/aromatic N) is 2. The molecule has 0 spiro atoms. The molecule has 0 heterocycles. The van der Waals surface area contributed by atoms with Crippen LogP contribution in [0.1, 0.15) is 51.2 Å². The standard InChI is InChI=1S/C27H35N3O3/c1-27(2,3)33-26(32)29-24(18-17-23-14-8-5-9-15-23)25(31)30(21-11-19-28)20-10-16-22-12-6-4-7-13-22/h4-9,12-15,24H,10-11,16-18,20-21H2,1-3H3,(H,29,32)/t24-/m0/s1. The summed E-state index contributed by atoms with van der Waals surface area (Å²) in [5.74, 6) is -0.180. The van der Waals surface area contributed by atoms with Crippen molar-refractivity contribution in [2.24, 2.45) is 0 Å². The van der Waals surface area contributed by atoms with E-state index in [4.69, 9.17) is 10.00 Å². The van der Waals surface area contributed by atoms with Gasteiger partial charge in [-0.3, -0.25) is 4.79 Å². The number of nitriles is 1. The Morgan fingerprint density at radius 2 is 1.55 bits per heavy atom. The van der Waals surface area contributed by atoms with Crippen LogP contribution in [0.25, 0.3) is 0 Å². The van der Waals surface area contributed by atoms with Crippen molar-refractivity contribution in [2.45, 2.75) is 64.5 Å². The molecule has 1 atom stereocenters. The molecule has 33 heavy (non-hydrogen) atoms. The Bertz CT molecular complexity index is 902. The van der Waals surface area contributed by atoms with Crippen molar-refractivity contribution in [3.8, 4) is 6.07 Å². The van der Waals surface area contributed by atoms with Crippen LogP contribution >= 0.6 is 0 Å². The van der Waals surface area contributed by atoms with Gasteiger partial charge in [-0.25, -0.2) is 4.79 Å². The Morgan fingerprint density at radius 1 is 0.970 bits per heavy atom. The molecular formula is C27H35N3O3. The zero-order chi connectivity index (χ0) is 24.1. The van der Waals surface area contributed by atoms with Gasteiger partial charge in [0.2, 0.25) is 5.91 Å². The number of carbonyl (C=O) groups is 2. The molecule has 0 aromatic heterocycles. The SMILES string of the molecule is CC(C)(C)OC(=O)N[C@@H](CCc1ccccc1)C(=O)N(CCC#N)CCCc1ccccc1. The van der Waals surface area contributed by atoms with E-state index in [0.717, 1.165) is 18.4 Å². The van der Waals surface area contributed by atoms with E-state index in [-0.39, 0.29) is 12.3 Å². The highest BCUT2D eigenvalue weighted by Crippen LogP contribution is 2.12. The van der Waals surface area contributed by atoms with Crippen LogP contribution in [-0.4, -0.2) is 41.6 Å². The van der Waals surface area contributed by atoms with Gasteiger partial charge in [-0.1, -0.05) is 60.7 Å². The highest BCUT2D eigenvalue weighted by atomic mass is 16.6. The maximum absolute atomic E-state index is 13.5. The molecule has 0 saturated heterocycles. The fraction of sp³-hybridized carbons (Fsp3) is 0.444. The van der Waals surface area contributed by atoms with Crippen LogP contribution in [0.2, 0.25) is 0 Å². The van der Waals surface area contributed by atoms with E-state index < -0.39 is 17.7 Å². The summed E-state index contributed by atoms with van der Waals surface area (Å²) >= 11 is 0. The summed E-state index contributed by atoms with van der Waals surface area (Å²) in [6, 6.07) is 21.4. The first-order chi connectivity index (χ1) is 15.8. The minimum absolute atomic E-state index is 0.180. The van der Waals surface area contributed by atoms with E-state index in [1.165, 1.54) is 5.56 Å². The van der Waals surface area contributed by atoms with Crippen molar-refractivity contribution in [3.05, 3.63) is 71.8 Å². The molecule has 6 heteroatoms. The lowest BCUT2D eigenvalue weighted by atomic mass is 10.0. The molecule has 0 aliphatic carbocycles. The molecule has 6 nitrogen and oxygen atoms in total. The fourth-order valence-electron chi connectivity index (χ4n) is 3.52. The molecule has 0 aliphatic rings. The maximum Gasteiger partial charge on any atom is 0.408 e. The Balaban J connectivity index is 2.09. The van der Waals surface area contributed by atoms with Crippen LogP contribution in [0.3, 0.4) is 0 Å². The van der Waals surface area contributed by atoms with Gasteiger partial charge < -0.3 is 15.0 Å². The number of hydrogen-bond acceptors (Lipinski definition) is 4. The quantitative estimate of drug-likeness (QED) is 0.530. The van der Waals surface area contributed by atoms with E-state index in [0.29, 0.717) is 25.9 Å². The van der Waals surface area contributed by atoms with Crippen molar-refractivity contribution in [1.82, 2.24) is 10.2 Å². The predicted octanol–water partition coefficient (Wildman–Crippen LogP) is 4.89. The number of aryl methyl sites for hydroxylation is 2. The van der Waals surface area contributed by atoms with Crippen LogP contribution in [0.5, 0.6) is 0 Å². The number of ether oxygens (including phenoxy) is 1. The van der Waals surface area contributed by atoms with Crippen molar-refractivity contribution < 1.29 is 14.3 Å².